The highest BCUT2D eigenvalue weighted by atomic mass is 127. The lowest BCUT2D eigenvalue weighted by Gasteiger charge is -2.02. The van der Waals surface area contributed by atoms with E-state index in [4.69, 9.17) is 0 Å². The van der Waals surface area contributed by atoms with E-state index in [-0.39, 0.29) is 0 Å². The third kappa shape index (κ3) is 1.98. The van der Waals surface area contributed by atoms with Gasteiger partial charge < -0.3 is 0 Å². The molecule has 0 aliphatic carbocycles. The summed E-state index contributed by atoms with van der Waals surface area (Å²) in [6, 6.07) is 1.99. The molecular formula is C9H7BrIN3. The summed E-state index contributed by atoms with van der Waals surface area (Å²) >= 11 is 5.64. The molecule has 0 saturated heterocycles. The lowest BCUT2D eigenvalue weighted by Crippen LogP contribution is -1.98. The van der Waals surface area contributed by atoms with Crippen LogP contribution in [0.1, 0.15) is 5.56 Å². The van der Waals surface area contributed by atoms with Gasteiger partial charge in [-0.1, -0.05) is 0 Å². The van der Waals surface area contributed by atoms with Crippen molar-refractivity contribution in [1.82, 2.24) is 14.8 Å². The number of aromatic nitrogens is 3. The molecule has 2 rings (SSSR count). The van der Waals surface area contributed by atoms with Crippen LogP contribution in [0.2, 0.25) is 0 Å². The number of aryl methyl sites for hydroxylation is 1. The van der Waals surface area contributed by atoms with Gasteiger partial charge in [0.15, 0.2) is 5.82 Å². The normalized spacial score (nSPS) is 10.5. The Morgan fingerprint density at radius 3 is 2.79 bits per heavy atom. The maximum absolute atomic E-state index is 4.27. The van der Waals surface area contributed by atoms with E-state index in [0.717, 1.165) is 19.4 Å². The van der Waals surface area contributed by atoms with Crippen LogP contribution in [-0.2, 0) is 0 Å². The number of halogens is 2. The molecule has 0 amide bonds. The van der Waals surface area contributed by atoms with E-state index < -0.39 is 0 Å². The standard InChI is InChI=1S/C9H7BrIN3/c1-6-2-9(12-4-8(6)10)14-5-7(11)3-13-14/h2-5H,1H3. The zero-order valence-electron chi connectivity index (χ0n) is 7.41. The van der Waals surface area contributed by atoms with Gasteiger partial charge in [-0.15, -0.1) is 0 Å². The molecule has 3 nitrogen and oxygen atoms in total. The number of pyridine rings is 1. The number of hydrogen-bond acceptors (Lipinski definition) is 2. The zero-order valence-corrected chi connectivity index (χ0v) is 11.2. The van der Waals surface area contributed by atoms with Crippen molar-refractivity contribution in [2.75, 3.05) is 0 Å². The Morgan fingerprint density at radius 2 is 2.21 bits per heavy atom. The lowest BCUT2D eigenvalue weighted by atomic mass is 10.3. The van der Waals surface area contributed by atoms with Crippen molar-refractivity contribution in [2.24, 2.45) is 0 Å². The van der Waals surface area contributed by atoms with E-state index in [1.165, 1.54) is 0 Å². The fourth-order valence-electron chi connectivity index (χ4n) is 1.08. The zero-order chi connectivity index (χ0) is 10.1. The lowest BCUT2D eigenvalue weighted by molar-refractivity contribution is 0.843. The van der Waals surface area contributed by atoms with Crippen LogP contribution in [0.5, 0.6) is 0 Å². The Labute approximate surface area is 104 Å². The molecule has 0 spiro atoms. The monoisotopic (exact) mass is 363 g/mol. The average Bonchev–Trinajstić information content (AvgIpc) is 2.57. The maximum atomic E-state index is 4.27. The highest BCUT2D eigenvalue weighted by Gasteiger charge is 2.02. The van der Waals surface area contributed by atoms with Crippen LogP contribution < -0.4 is 0 Å². The summed E-state index contributed by atoms with van der Waals surface area (Å²) in [5.41, 5.74) is 1.15. The molecule has 0 saturated carbocycles. The van der Waals surface area contributed by atoms with Gasteiger partial charge in [0.05, 0.1) is 9.77 Å². The first-order valence-electron chi connectivity index (χ1n) is 3.99. The summed E-state index contributed by atoms with van der Waals surface area (Å²) < 4.78 is 3.88. The van der Waals surface area contributed by atoms with Crippen molar-refractivity contribution < 1.29 is 0 Å². The van der Waals surface area contributed by atoms with Gasteiger partial charge in [-0.3, -0.25) is 0 Å². The van der Waals surface area contributed by atoms with E-state index in [9.17, 15) is 0 Å². The molecule has 0 aromatic carbocycles. The summed E-state index contributed by atoms with van der Waals surface area (Å²) in [5, 5.41) is 4.19. The van der Waals surface area contributed by atoms with Gasteiger partial charge in [0.1, 0.15) is 0 Å². The van der Waals surface area contributed by atoms with Crippen molar-refractivity contribution in [3.63, 3.8) is 0 Å². The first kappa shape index (κ1) is 10.1. The Bertz CT molecular complexity index is 467. The van der Waals surface area contributed by atoms with E-state index >= 15 is 0 Å². The first-order chi connectivity index (χ1) is 6.66. The number of hydrogen-bond donors (Lipinski definition) is 0. The summed E-state index contributed by atoms with van der Waals surface area (Å²) in [4.78, 5) is 4.27. The largest absolute Gasteiger partial charge is 0.236 e. The van der Waals surface area contributed by atoms with Crippen molar-refractivity contribution in [3.05, 3.63) is 38.3 Å². The SMILES string of the molecule is Cc1cc(-n2cc(I)cn2)ncc1Br. The topological polar surface area (TPSA) is 30.7 Å². The summed E-state index contributed by atoms with van der Waals surface area (Å²) in [6.45, 7) is 2.03. The molecule has 72 valence electrons. The molecule has 14 heavy (non-hydrogen) atoms. The molecule has 2 aromatic rings. The van der Waals surface area contributed by atoms with E-state index in [1.807, 2.05) is 19.2 Å². The first-order valence-corrected chi connectivity index (χ1v) is 5.86. The molecular weight excluding hydrogens is 357 g/mol. The molecule has 5 heteroatoms. The number of rotatable bonds is 1. The molecule has 2 aromatic heterocycles. The van der Waals surface area contributed by atoms with Gasteiger partial charge in [0.2, 0.25) is 0 Å². The van der Waals surface area contributed by atoms with Gasteiger partial charge in [0, 0.05) is 16.9 Å². The summed E-state index contributed by atoms with van der Waals surface area (Å²) in [5.74, 6) is 0.841. The quantitative estimate of drug-likeness (QED) is 0.729. The minimum atomic E-state index is 0.841. The average molecular weight is 364 g/mol. The third-order valence-corrected chi connectivity index (χ3v) is 3.21. The second-order valence-corrected chi connectivity index (χ2v) is 4.99. The van der Waals surface area contributed by atoms with E-state index in [0.29, 0.717) is 0 Å². The smallest absolute Gasteiger partial charge is 0.153 e. The molecule has 0 radical (unpaired) electrons. The Morgan fingerprint density at radius 1 is 1.43 bits per heavy atom. The highest BCUT2D eigenvalue weighted by molar-refractivity contribution is 14.1. The van der Waals surface area contributed by atoms with E-state index in [2.05, 4.69) is 48.6 Å². The molecule has 0 fully saturated rings. The molecule has 2 heterocycles. The van der Waals surface area contributed by atoms with Crippen molar-refractivity contribution >= 4 is 38.5 Å². The highest BCUT2D eigenvalue weighted by Crippen LogP contribution is 2.16. The number of nitrogens with zero attached hydrogens (tertiary/aromatic N) is 3. The predicted molar refractivity (Wildman–Crippen MR) is 66.5 cm³/mol. The van der Waals surface area contributed by atoms with Crippen molar-refractivity contribution in [1.29, 1.82) is 0 Å². The van der Waals surface area contributed by atoms with Crippen LogP contribution in [0.25, 0.3) is 5.82 Å². The Balaban J connectivity index is 2.47. The summed E-state index contributed by atoms with van der Waals surface area (Å²) in [7, 11) is 0. The Kier molecular flexibility index (Phi) is 2.87. The Hall–Kier alpha value is -0.430. The molecule has 0 aliphatic rings. The molecule has 0 N–H and O–H groups in total. The van der Waals surface area contributed by atoms with Crippen molar-refractivity contribution in [2.45, 2.75) is 6.92 Å². The second-order valence-electron chi connectivity index (χ2n) is 2.89. The van der Waals surface area contributed by atoms with Gasteiger partial charge in [-0.25, -0.2) is 9.67 Å². The van der Waals surface area contributed by atoms with Gasteiger partial charge in [0.25, 0.3) is 0 Å². The van der Waals surface area contributed by atoms with Crippen LogP contribution in [0.15, 0.2) is 29.1 Å². The van der Waals surface area contributed by atoms with E-state index in [1.54, 1.807) is 17.1 Å². The van der Waals surface area contributed by atoms with Gasteiger partial charge in [-0.05, 0) is 57.1 Å². The minimum absolute atomic E-state index is 0.841. The second kappa shape index (κ2) is 3.98. The fourth-order valence-corrected chi connectivity index (χ4v) is 1.68. The van der Waals surface area contributed by atoms with Crippen LogP contribution in [-0.4, -0.2) is 14.8 Å². The molecule has 0 aliphatic heterocycles. The molecule has 0 unspecified atom stereocenters. The summed E-state index contributed by atoms with van der Waals surface area (Å²) in [6.07, 6.45) is 5.54. The predicted octanol–water partition coefficient (Wildman–Crippen LogP) is 2.94. The molecule has 0 atom stereocenters. The van der Waals surface area contributed by atoms with Crippen LogP contribution in [0, 0.1) is 10.5 Å². The van der Waals surface area contributed by atoms with Crippen LogP contribution >= 0.6 is 38.5 Å². The molecule has 0 bridgehead atoms. The van der Waals surface area contributed by atoms with Crippen molar-refractivity contribution in [3.8, 4) is 5.82 Å². The third-order valence-electron chi connectivity index (χ3n) is 1.82. The maximum Gasteiger partial charge on any atom is 0.153 e. The fraction of sp³-hybridized carbons (Fsp3) is 0.111. The van der Waals surface area contributed by atoms with Crippen LogP contribution in [0.4, 0.5) is 0 Å². The van der Waals surface area contributed by atoms with Gasteiger partial charge in [-0.2, -0.15) is 5.10 Å². The van der Waals surface area contributed by atoms with Gasteiger partial charge >= 0.3 is 0 Å². The minimum Gasteiger partial charge on any atom is -0.236 e. The van der Waals surface area contributed by atoms with Crippen LogP contribution in [0.3, 0.4) is 0 Å².